The summed E-state index contributed by atoms with van der Waals surface area (Å²) in [7, 11) is 0. The van der Waals surface area contributed by atoms with Gasteiger partial charge in [-0.05, 0) is 30.7 Å². The maximum absolute atomic E-state index is 11.6. The summed E-state index contributed by atoms with van der Waals surface area (Å²) in [6.45, 7) is 2.80. The lowest BCUT2D eigenvalue weighted by molar-refractivity contribution is 0.252. The molecule has 0 fully saturated rings. The lowest BCUT2D eigenvalue weighted by Gasteiger charge is -2.07. The van der Waals surface area contributed by atoms with E-state index in [0.29, 0.717) is 6.54 Å². The van der Waals surface area contributed by atoms with Crippen LogP contribution in [0, 0.1) is 0 Å². The summed E-state index contributed by atoms with van der Waals surface area (Å²) in [5, 5.41) is 6.65. The number of hydrogen-bond acceptors (Lipinski definition) is 2. The van der Waals surface area contributed by atoms with E-state index in [-0.39, 0.29) is 6.03 Å². The molecule has 0 bridgehead atoms. The third kappa shape index (κ3) is 3.20. The summed E-state index contributed by atoms with van der Waals surface area (Å²) in [6, 6.07) is 9.37. The Kier molecular flexibility index (Phi) is 4.12. The van der Waals surface area contributed by atoms with E-state index in [2.05, 4.69) is 22.5 Å². The van der Waals surface area contributed by atoms with Crippen molar-refractivity contribution < 1.29 is 4.79 Å². The Morgan fingerprint density at radius 2 is 2.22 bits per heavy atom. The van der Waals surface area contributed by atoms with Crippen LogP contribution in [-0.4, -0.2) is 17.6 Å². The van der Waals surface area contributed by atoms with Gasteiger partial charge in [-0.3, -0.25) is 4.98 Å². The van der Waals surface area contributed by atoms with Crippen LogP contribution in [0.25, 0.3) is 10.9 Å². The number of benzene rings is 1. The Morgan fingerprint density at radius 3 is 3.06 bits per heavy atom. The fourth-order valence-corrected chi connectivity index (χ4v) is 1.71. The van der Waals surface area contributed by atoms with E-state index in [1.54, 1.807) is 6.20 Å². The number of hydrogen-bond donors (Lipinski definition) is 2. The zero-order valence-corrected chi connectivity index (χ0v) is 10.4. The van der Waals surface area contributed by atoms with Crippen LogP contribution in [0.5, 0.6) is 0 Å². The van der Waals surface area contributed by atoms with Gasteiger partial charge in [-0.15, -0.1) is 0 Å². The van der Waals surface area contributed by atoms with Crippen LogP contribution in [-0.2, 0) is 0 Å². The third-order valence-corrected chi connectivity index (χ3v) is 2.68. The number of amides is 2. The van der Waals surface area contributed by atoms with Crippen molar-refractivity contribution in [1.29, 1.82) is 0 Å². The molecule has 0 saturated carbocycles. The average Bonchev–Trinajstić information content (AvgIpc) is 2.39. The summed E-state index contributed by atoms with van der Waals surface area (Å²) < 4.78 is 0. The molecule has 2 rings (SSSR count). The van der Waals surface area contributed by atoms with Gasteiger partial charge in [0.1, 0.15) is 0 Å². The molecule has 2 N–H and O–H groups in total. The number of pyridine rings is 1. The minimum Gasteiger partial charge on any atom is -0.338 e. The van der Waals surface area contributed by atoms with E-state index >= 15 is 0 Å². The Morgan fingerprint density at radius 1 is 1.33 bits per heavy atom. The Labute approximate surface area is 106 Å². The topological polar surface area (TPSA) is 54.0 Å². The predicted molar refractivity (Wildman–Crippen MR) is 73.7 cm³/mol. The molecular weight excluding hydrogens is 226 g/mol. The van der Waals surface area contributed by atoms with E-state index in [1.165, 1.54) is 0 Å². The standard InChI is InChI=1S/C14H17N3O/c1-2-3-8-16-14(18)17-12-6-7-13-11(10-12)5-4-9-15-13/h4-7,9-10H,2-3,8H2,1H3,(H2,16,17,18). The SMILES string of the molecule is CCCCNC(=O)Nc1ccc2ncccc2c1. The minimum absolute atomic E-state index is 0.160. The molecule has 0 atom stereocenters. The van der Waals surface area contributed by atoms with Gasteiger partial charge in [0.2, 0.25) is 0 Å². The van der Waals surface area contributed by atoms with Crippen LogP contribution in [0.15, 0.2) is 36.5 Å². The van der Waals surface area contributed by atoms with Crippen LogP contribution in [0.1, 0.15) is 19.8 Å². The molecule has 1 aromatic carbocycles. The minimum atomic E-state index is -0.160. The molecule has 0 saturated heterocycles. The third-order valence-electron chi connectivity index (χ3n) is 2.68. The average molecular weight is 243 g/mol. The van der Waals surface area contributed by atoms with Gasteiger partial charge in [0.15, 0.2) is 0 Å². The van der Waals surface area contributed by atoms with Gasteiger partial charge in [-0.1, -0.05) is 19.4 Å². The van der Waals surface area contributed by atoms with E-state index in [9.17, 15) is 4.79 Å². The van der Waals surface area contributed by atoms with Gasteiger partial charge in [0.05, 0.1) is 5.52 Å². The Balaban J connectivity index is 2.01. The Bertz CT molecular complexity index is 539. The zero-order chi connectivity index (χ0) is 12.8. The van der Waals surface area contributed by atoms with Gasteiger partial charge < -0.3 is 10.6 Å². The molecule has 2 amide bonds. The highest BCUT2D eigenvalue weighted by molar-refractivity contribution is 5.92. The van der Waals surface area contributed by atoms with Crippen LogP contribution < -0.4 is 10.6 Å². The number of aromatic nitrogens is 1. The van der Waals surface area contributed by atoms with E-state index in [4.69, 9.17) is 0 Å². The van der Waals surface area contributed by atoms with Gasteiger partial charge in [-0.25, -0.2) is 4.79 Å². The number of carbonyl (C=O) groups excluding carboxylic acids is 1. The molecule has 0 aliphatic carbocycles. The van der Waals surface area contributed by atoms with Crippen molar-refractivity contribution in [1.82, 2.24) is 10.3 Å². The Hall–Kier alpha value is -2.10. The first-order chi connectivity index (χ1) is 8.79. The maximum atomic E-state index is 11.6. The first-order valence-electron chi connectivity index (χ1n) is 6.19. The second-order valence-corrected chi connectivity index (χ2v) is 4.15. The molecule has 4 heteroatoms. The molecule has 0 spiro atoms. The number of anilines is 1. The summed E-state index contributed by atoms with van der Waals surface area (Å²) in [5.74, 6) is 0. The highest BCUT2D eigenvalue weighted by Gasteiger charge is 2.01. The van der Waals surface area contributed by atoms with Crippen LogP contribution in [0.2, 0.25) is 0 Å². The number of rotatable bonds is 4. The lowest BCUT2D eigenvalue weighted by Crippen LogP contribution is -2.29. The van der Waals surface area contributed by atoms with E-state index in [0.717, 1.165) is 29.4 Å². The van der Waals surface area contributed by atoms with Crippen molar-refractivity contribution in [3.8, 4) is 0 Å². The summed E-state index contributed by atoms with van der Waals surface area (Å²) in [5.41, 5.74) is 1.71. The number of nitrogens with one attached hydrogen (secondary N) is 2. The molecular formula is C14H17N3O. The highest BCUT2D eigenvalue weighted by Crippen LogP contribution is 2.16. The second-order valence-electron chi connectivity index (χ2n) is 4.15. The molecule has 0 radical (unpaired) electrons. The molecule has 0 aliphatic rings. The molecule has 1 aromatic heterocycles. The van der Waals surface area contributed by atoms with E-state index < -0.39 is 0 Å². The number of nitrogens with zero attached hydrogens (tertiary/aromatic N) is 1. The van der Waals surface area contributed by atoms with Crippen molar-refractivity contribution in [2.24, 2.45) is 0 Å². The number of unbranched alkanes of at least 4 members (excludes halogenated alkanes) is 1. The molecule has 4 nitrogen and oxygen atoms in total. The van der Waals surface area contributed by atoms with Crippen molar-refractivity contribution in [2.45, 2.75) is 19.8 Å². The van der Waals surface area contributed by atoms with Crippen LogP contribution in [0.4, 0.5) is 10.5 Å². The first kappa shape index (κ1) is 12.4. The summed E-state index contributed by atoms with van der Waals surface area (Å²) in [6.07, 6.45) is 3.82. The zero-order valence-electron chi connectivity index (χ0n) is 10.4. The van der Waals surface area contributed by atoms with E-state index in [1.807, 2.05) is 30.3 Å². The van der Waals surface area contributed by atoms with Gasteiger partial charge >= 0.3 is 6.03 Å². The fraction of sp³-hybridized carbons (Fsp3) is 0.286. The fourth-order valence-electron chi connectivity index (χ4n) is 1.71. The predicted octanol–water partition coefficient (Wildman–Crippen LogP) is 3.16. The molecule has 94 valence electrons. The monoisotopic (exact) mass is 243 g/mol. The second kappa shape index (κ2) is 6.00. The smallest absolute Gasteiger partial charge is 0.319 e. The van der Waals surface area contributed by atoms with Gasteiger partial charge in [0.25, 0.3) is 0 Å². The number of carbonyl (C=O) groups is 1. The maximum Gasteiger partial charge on any atom is 0.319 e. The van der Waals surface area contributed by atoms with Crippen LogP contribution >= 0.6 is 0 Å². The quantitative estimate of drug-likeness (QED) is 0.810. The lowest BCUT2D eigenvalue weighted by atomic mass is 10.2. The molecule has 18 heavy (non-hydrogen) atoms. The highest BCUT2D eigenvalue weighted by atomic mass is 16.2. The summed E-state index contributed by atoms with van der Waals surface area (Å²) >= 11 is 0. The normalized spacial score (nSPS) is 10.3. The summed E-state index contributed by atoms with van der Waals surface area (Å²) in [4.78, 5) is 15.8. The molecule has 2 aromatic rings. The number of urea groups is 1. The molecule has 0 unspecified atom stereocenters. The first-order valence-corrected chi connectivity index (χ1v) is 6.19. The number of fused-ring (bicyclic) bond motifs is 1. The van der Waals surface area contributed by atoms with Crippen molar-refractivity contribution >= 4 is 22.6 Å². The van der Waals surface area contributed by atoms with Crippen molar-refractivity contribution in [3.63, 3.8) is 0 Å². The van der Waals surface area contributed by atoms with Gasteiger partial charge in [0, 0.05) is 23.8 Å². The largest absolute Gasteiger partial charge is 0.338 e. The molecule has 1 heterocycles. The molecule has 0 aliphatic heterocycles. The van der Waals surface area contributed by atoms with Crippen LogP contribution in [0.3, 0.4) is 0 Å². The van der Waals surface area contributed by atoms with Gasteiger partial charge in [-0.2, -0.15) is 0 Å². The van der Waals surface area contributed by atoms with Crippen molar-refractivity contribution in [3.05, 3.63) is 36.5 Å². The van der Waals surface area contributed by atoms with Crippen molar-refractivity contribution in [2.75, 3.05) is 11.9 Å².